The van der Waals surface area contributed by atoms with Crippen LogP contribution in [-0.2, 0) is 13.1 Å². The minimum Gasteiger partial charge on any atom is -0.346 e. The van der Waals surface area contributed by atoms with Crippen LogP contribution in [0.15, 0.2) is 36.5 Å². The van der Waals surface area contributed by atoms with Gasteiger partial charge in [-0.3, -0.25) is 0 Å². The van der Waals surface area contributed by atoms with Crippen molar-refractivity contribution in [2.45, 2.75) is 39.4 Å². The van der Waals surface area contributed by atoms with Gasteiger partial charge in [0.1, 0.15) is 11.6 Å². The Hall–Kier alpha value is -1.68. The summed E-state index contributed by atoms with van der Waals surface area (Å²) in [4.78, 5) is 0. The van der Waals surface area contributed by atoms with Crippen LogP contribution >= 0.6 is 0 Å². The highest BCUT2D eigenvalue weighted by Gasteiger charge is 2.10. The average Bonchev–Trinajstić information content (AvgIpc) is 2.71. The first-order valence-electron chi connectivity index (χ1n) is 6.67. The van der Waals surface area contributed by atoms with Gasteiger partial charge in [-0.15, -0.1) is 0 Å². The molecule has 0 aliphatic carbocycles. The fourth-order valence-corrected chi connectivity index (χ4v) is 2.02. The fraction of sp³-hybridized carbons (Fsp3) is 0.375. The molecule has 1 aromatic carbocycles. The van der Waals surface area contributed by atoms with Crippen molar-refractivity contribution < 1.29 is 8.78 Å². The van der Waals surface area contributed by atoms with Crippen molar-refractivity contribution in [2.24, 2.45) is 0 Å². The lowest BCUT2D eigenvalue weighted by atomic mass is 10.1. The monoisotopic (exact) mass is 278 g/mol. The summed E-state index contributed by atoms with van der Waals surface area (Å²) >= 11 is 0. The van der Waals surface area contributed by atoms with Gasteiger partial charge in [-0.25, -0.2) is 8.78 Å². The summed E-state index contributed by atoms with van der Waals surface area (Å²) < 4.78 is 28.4. The summed E-state index contributed by atoms with van der Waals surface area (Å²) in [6.07, 6.45) is 1.92. The van der Waals surface area contributed by atoms with Gasteiger partial charge in [-0.05, 0) is 50.6 Å². The number of aromatic nitrogens is 1. The number of nitrogens with one attached hydrogen (secondary N) is 1. The topological polar surface area (TPSA) is 17.0 Å². The molecule has 108 valence electrons. The fourth-order valence-electron chi connectivity index (χ4n) is 2.02. The van der Waals surface area contributed by atoms with Crippen LogP contribution in [0.25, 0.3) is 0 Å². The molecular formula is C16H20F2N2. The van der Waals surface area contributed by atoms with Crippen LogP contribution in [0.2, 0.25) is 0 Å². The minimum absolute atomic E-state index is 0.0278. The van der Waals surface area contributed by atoms with Crippen molar-refractivity contribution in [2.75, 3.05) is 0 Å². The van der Waals surface area contributed by atoms with Gasteiger partial charge in [-0.2, -0.15) is 0 Å². The Labute approximate surface area is 118 Å². The Bertz CT molecular complexity index is 562. The van der Waals surface area contributed by atoms with Gasteiger partial charge >= 0.3 is 0 Å². The second-order valence-electron chi connectivity index (χ2n) is 6.01. The third kappa shape index (κ3) is 4.17. The molecule has 2 rings (SSSR count). The predicted molar refractivity (Wildman–Crippen MR) is 76.5 cm³/mol. The first kappa shape index (κ1) is 14.7. The molecule has 20 heavy (non-hydrogen) atoms. The Kier molecular flexibility index (Phi) is 4.23. The largest absolute Gasteiger partial charge is 0.346 e. The zero-order valence-electron chi connectivity index (χ0n) is 12.1. The quantitative estimate of drug-likeness (QED) is 0.902. The van der Waals surface area contributed by atoms with Crippen LogP contribution in [-0.4, -0.2) is 10.1 Å². The van der Waals surface area contributed by atoms with Crippen molar-refractivity contribution in [3.8, 4) is 0 Å². The Morgan fingerprint density at radius 3 is 2.35 bits per heavy atom. The molecule has 4 heteroatoms. The summed E-state index contributed by atoms with van der Waals surface area (Å²) in [5, 5.41) is 3.40. The molecule has 2 nitrogen and oxygen atoms in total. The van der Waals surface area contributed by atoms with Gasteiger partial charge in [0, 0.05) is 36.6 Å². The van der Waals surface area contributed by atoms with E-state index in [1.54, 1.807) is 0 Å². The zero-order valence-corrected chi connectivity index (χ0v) is 12.1. The van der Waals surface area contributed by atoms with E-state index in [9.17, 15) is 8.78 Å². The van der Waals surface area contributed by atoms with E-state index in [4.69, 9.17) is 0 Å². The van der Waals surface area contributed by atoms with Crippen LogP contribution in [0.3, 0.4) is 0 Å². The number of nitrogens with zero attached hydrogens (tertiary/aromatic N) is 1. The molecular weight excluding hydrogens is 258 g/mol. The molecule has 1 N–H and O–H groups in total. The van der Waals surface area contributed by atoms with E-state index in [1.165, 1.54) is 12.1 Å². The maximum Gasteiger partial charge on any atom is 0.126 e. The molecule has 0 spiro atoms. The lowest BCUT2D eigenvalue weighted by molar-refractivity contribution is 0.417. The van der Waals surface area contributed by atoms with Crippen molar-refractivity contribution >= 4 is 0 Å². The lowest BCUT2D eigenvalue weighted by Gasteiger charge is -2.21. The van der Waals surface area contributed by atoms with E-state index < -0.39 is 11.6 Å². The molecule has 0 aliphatic rings. The molecule has 0 fully saturated rings. The highest BCUT2D eigenvalue weighted by molar-refractivity contribution is 5.20. The van der Waals surface area contributed by atoms with Gasteiger partial charge in [0.15, 0.2) is 0 Å². The molecule has 2 aromatic rings. The molecule has 0 atom stereocenters. The summed E-state index contributed by atoms with van der Waals surface area (Å²) in [5.41, 5.74) is 1.74. The van der Waals surface area contributed by atoms with Crippen molar-refractivity contribution in [3.05, 3.63) is 59.4 Å². The summed E-state index contributed by atoms with van der Waals surface area (Å²) in [5.74, 6) is -1.08. The van der Waals surface area contributed by atoms with E-state index in [1.807, 2.05) is 22.9 Å². The van der Waals surface area contributed by atoms with Crippen LogP contribution in [0.5, 0.6) is 0 Å². The van der Waals surface area contributed by atoms with Gasteiger partial charge in [0.05, 0.1) is 0 Å². The van der Waals surface area contributed by atoms with Gasteiger partial charge < -0.3 is 9.88 Å². The SMILES string of the molecule is CC(C)(C)NCc1cccn1Cc1cc(F)cc(F)c1. The van der Waals surface area contributed by atoms with Crippen LogP contribution in [0.4, 0.5) is 8.78 Å². The summed E-state index contributed by atoms with van der Waals surface area (Å²) in [6.45, 7) is 7.48. The molecule has 0 aliphatic heterocycles. The van der Waals surface area contributed by atoms with Crippen LogP contribution in [0, 0.1) is 11.6 Å². The Morgan fingerprint density at radius 1 is 1.10 bits per heavy atom. The summed E-state index contributed by atoms with van der Waals surface area (Å²) in [7, 11) is 0. The Balaban J connectivity index is 2.12. The Morgan fingerprint density at radius 2 is 1.75 bits per heavy atom. The number of hydrogen-bond donors (Lipinski definition) is 1. The highest BCUT2D eigenvalue weighted by Crippen LogP contribution is 2.12. The van der Waals surface area contributed by atoms with Gasteiger partial charge in [0.2, 0.25) is 0 Å². The number of halogens is 2. The zero-order chi connectivity index (χ0) is 14.8. The van der Waals surface area contributed by atoms with Gasteiger partial charge in [0.25, 0.3) is 0 Å². The third-order valence-corrected chi connectivity index (χ3v) is 3.00. The first-order valence-corrected chi connectivity index (χ1v) is 6.67. The lowest BCUT2D eigenvalue weighted by Crippen LogP contribution is -2.35. The predicted octanol–water partition coefficient (Wildman–Crippen LogP) is 3.70. The second kappa shape index (κ2) is 5.75. The number of rotatable bonds is 4. The molecule has 0 unspecified atom stereocenters. The molecule has 1 heterocycles. The smallest absolute Gasteiger partial charge is 0.126 e. The highest BCUT2D eigenvalue weighted by atomic mass is 19.1. The number of hydrogen-bond acceptors (Lipinski definition) is 1. The van der Waals surface area contributed by atoms with E-state index in [0.717, 1.165) is 11.8 Å². The molecule has 0 amide bonds. The van der Waals surface area contributed by atoms with E-state index >= 15 is 0 Å². The molecule has 0 bridgehead atoms. The van der Waals surface area contributed by atoms with E-state index in [2.05, 4.69) is 26.1 Å². The standard InChI is InChI=1S/C16H20F2N2/c1-16(2,3)19-10-15-5-4-6-20(15)11-12-7-13(17)9-14(18)8-12/h4-9,19H,10-11H2,1-3H3. The average molecular weight is 278 g/mol. The molecule has 1 aromatic heterocycles. The van der Waals surface area contributed by atoms with E-state index in [-0.39, 0.29) is 5.54 Å². The van der Waals surface area contributed by atoms with Crippen molar-refractivity contribution in [1.82, 2.24) is 9.88 Å². The second-order valence-corrected chi connectivity index (χ2v) is 6.01. The summed E-state index contributed by atoms with van der Waals surface area (Å²) in [6, 6.07) is 7.57. The van der Waals surface area contributed by atoms with E-state index in [0.29, 0.717) is 18.7 Å². The number of benzene rings is 1. The maximum absolute atomic E-state index is 13.2. The first-order chi connectivity index (χ1) is 9.33. The van der Waals surface area contributed by atoms with Crippen molar-refractivity contribution in [3.63, 3.8) is 0 Å². The van der Waals surface area contributed by atoms with Crippen molar-refractivity contribution in [1.29, 1.82) is 0 Å². The van der Waals surface area contributed by atoms with Crippen LogP contribution < -0.4 is 5.32 Å². The van der Waals surface area contributed by atoms with Crippen LogP contribution in [0.1, 0.15) is 32.0 Å². The third-order valence-electron chi connectivity index (χ3n) is 3.00. The molecule has 0 saturated carbocycles. The minimum atomic E-state index is -0.540. The normalized spacial score (nSPS) is 11.8. The molecule has 0 saturated heterocycles. The maximum atomic E-state index is 13.2. The molecule has 0 radical (unpaired) electrons. The van der Waals surface area contributed by atoms with Gasteiger partial charge in [-0.1, -0.05) is 0 Å².